The number of aliphatic hydroxyl groups is 1. The lowest BCUT2D eigenvalue weighted by Gasteiger charge is -2.09. The Morgan fingerprint density at radius 3 is 2.85 bits per heavy atom. The summed E-state index contributed by atoms with van der Waals surface area (Å²) in [5.74, 6) is 0.205. The largest absolute Gasteiger partial charge is 0.396 e. The van der Waals surface area contributed by atoms with Crippen molar-refractivity contribution >= 4 is 0 Å². The fourth-order valence-corrected chi connectivity index (χ4v) is 1.26. The van der Waals surface area contributed by atoms with Crippen LogP contribution in [0, 0.1) is 0 Å². The molecule has 0 unspecified atom stereocenters. The summed E-state index contributed by atoms with van der Waals surface area (Å²) in [5, 5.41) is 8.98. The minimum atomic E-state index is 0.191. The summed E-state index contributed by atoms with van der Waals surface area (Å²) in [6, 6.07) is 8.12. The zero-order valence-corrected chi connectivity index (χ0v) is 8.16. The van der Waals surface area contributed by atoms with Gasteiger partial charge < -0.3 is 9.84 Å². The standard InChI is InChI=1S/C11H16O2/c1-9(7-12)11-5-3-4-10(6-11)8-13-2/h3-6,9,12H,7-8H2,1-2H3/t9-/m0/s1. The Labute approximate surface area is 79.2 Å². The fraction of sp³-hybridized carbons (Fsp3) is 0.455. The van der Waals surface area contributed by atoms with Crippen molar-refractivity contribution in [3.05, 3.63) is 35.4 Å². The molecule has 72 valence electrons. The maximum atomic E-state index is 8.98. The molecule has 1 aromatic rings. The second-order valence-corrected chi connectivity index (χ2v) is 3.26. The van der Waals surface area contributed by atoms with Crippen LogP contribution in [0.5, 0.6) is 0 Å². The van der Waals surface area contributed by atoms with Crippen molar-refractivity contribution in [3.8, 4) is 0 Å². The van der Waals surface area contributed by atoms with Crippen LogP contribution in [0.3, 0.4) is 0 Å². The second-order valence-electron chi connectivity index (χ2n) is 3.26. The molecule has 0 radical (unpaired) electrons. The summed E-state index contributed by atoms with van der Waals surface area (Å²) in [6.07, 6.45) is 0. The molecule has 0 aliphatic carbocycles. The SMILES string of the molecule is COCc1cccc([C@@H](C)CO)c1. The summed E-state index contributed by atoms with van der Waals surface area (Å²) in [6.45, 7) is 2.83. The Morgan fingerprint density at radius 1 is 1.46 bits per heavy atom. The van der Waals surface area contributed by atoms with Gasteiger partial charge >= 0.3 is 0 Å². The Bertz CT molecular complexity index is 258. The first kappa shape index (κ1) is 10.2. The van der Waals surface area contributed by atoms with Crippen molar-refractivity contribution in [1.82, 2.24) is 0 Å². The number of hydrogen-bond acceptors (Lipinski definition) is 2. The van der Waals surface area contributed by atoms with E-state index in [1.807, 2.05) is 25.1 Å². The van der Waals surface area contributed by atoms with Crippen molar-refractivity contribution in [3.63, 3.8) is 0 Å². The smallest absolute Gasteiger partial charge is 0.0713 e. The maximum absolute atomic E-state index is 8.98. The third kappa shape index (κ3) is 2.83. The van der Waals surface area contributed by atoms with E-state index < -0.39 is 0 Å². The number of aliphatic hydroxyl groups excluding tert-OH is 1. The van der Waals surface area contributed by atoms with Crippen molar-refractivity contribution in [1.29, 1.82) is 0 Å². The third-order valence-electron chi connectivity index (χ3n) is 2.10. The molecule has 0 aliphatic heterocycles. The number of methoxy groups -OCH3 is 1. The van der Waals surface area contributed by atoms with Crippen LogP contribution in [0.25, 0.3) is 0 Å². The monoisotopic (exact) mass is 180 g/mol. The highest BCUT2D eigenvalue weighted by Gasteiger charge is 2.03. The quantitative estimate of drug-likeness (QED) is 0.767. The molecule has 2 nitrogen and oxygen atoms in total. The highest BCUT2D eigenvalue weighted by Crippen LogP contribution is 2.16. The molecule has 0 saturated carbocycles. The Morgan fingerprint density at radius 2 is 2.23 bits per heavy atom. The predicted octanol–water partition coefficient (Wildman–Crippen LogP) is 1.93. The number of rotatable bonds is 4. The zero-order valence-electron chi connectivity index (χ0n) is 8.16. The summed E-state index contributed by atoms with van der Waals surface area (Å²) in [5.41, 5.74) is 2.32. The van der Waals surface area contributed by atoms with Gasteiger partial charge in [-0.1, -0.05) is 31.2 Å². The molecular formula is C11H16O2. The van der Waals surface area contributed by atoms with Crippen LogP contribution < -0.4 is 0 Å². The molecule has 0 spiro atoms. The van der Waals surface area contributed by atoms with Crippen LogP contribution >= 0.6 is 0 Å². The van der Waals surface area contributed by atoms with Crippen LogP contribution in [0.4, 0.5) is 0 Å². The van der Waals surface area contributed by atoms with Crippen LogP contribution in [0.1, 0.15) is 24.0 Å². The Kier molecular flexibility index (Phi) is 3.93. The van der Waals surface area contributed by atoms with Crippen LogP contribution in [-0.2, 0) is 11.3 Å². The van der Waals surface area contributed by atoms with Gasteiger partial charge in [0.25, 0.3) is 0 Å². The van der Waals surface area contributed by atoms with Gasteiger partial charge in [-0.3, -0.25) is 0 Å². The average Bonchev–Trinajstić information content (AvgIpc) is 2.18. The topological polar surface area (TPSA) is 29.5 Å². The maximum Gasteiger partial charge on any atom is 0.0713 e. The molecule has 1 N–H and O–H groups in total. The minimum Gasteiger partial charge on any atom is -0.396 e. The van der Waals surface area contributed by atoms with Gasteiger partial charge in [0.15, 0.2) is 0 Å². The van der Waals surface area contributed by atoms with Crippen LogP contribution in [0.15, 0.2) is 24.3 Å². The van der Waals surface area contributed by atoms with Crippen molar-refractivity contribution in [2.24, 2.45) is 0 Å². The Balaban J connectivity index is 2.78. The van der Waals surface area contributed by atoms with Gasteiger partial charge in [0, 0.05) is 19.6 Å². The van der Waals surface area contributed by atoms with Gasteiger partial charge in [0.2, 0.25) is 0 Å². The predicted molar refractivity (Wildman–Crippen MR) is 52.7 cm³/mol. The molecule has 0 bridgehead atoms. The number of hydrogen-bond donors (Lipinski definition) is 1. The highest BCUT2D eigenvalue weighted by atomic mass is 16.5. The number of ether oxygens (including phenoxy) is 1. The first-order valence-electron chi connectivity index (χ1n) is 4.46. The minimum absolute atomic E-state index is 0.191. The molecule has 13 heavy (non-hydrogen) atoms. The lowest BCUT2D eigenvalue weighted by Crippen LogP contribution is -1.99. The van der Waals surface area contributed by atoms with Gasteiger partial charge in [-0.2, -0.15) is 0 Å². The van der Waals surface area contributed by atoms with E-state index in [2.05, 4.69) is 6.07 Å². The van der Waals surface area contributed by atoms with Crippen molar-refractivity contribution < 1.29 is 9.84 Å². The zero-order chi connectivity index (χ0) is 9.68. The average molecular weight is 180 g/mol. The molecule has 0 heterocycles. The molecule has 0 amide bonds. The van der Waals surface area contributed by atoms with Gasteiger partial charge in [-0.25, -0.2) is 0 Å². The summed E-state index contributed by atoms with van der Waals surface area (Å²) >= 11 is 0. The van der Waals surface area contributed by atoms with Gasteiger partial charge in [-0.05, 0) is 11.1 Å². The first-order valence-corrected chi connectivity index (χ1v) is 4.46. The normalized spacial score (nSPS) is 12.8. The molecule has 0 aliphatic rings. The van der Waals surface area contributed by atoms with E-state index in [0.717, 1.165) is 11.1 Å². The summed E-state index contributed by atoms with van der Waals surface area (Å²) in [4.78, 5) is 0. The first-order chi connectivity index (χ1) is 6.27. The van der Waals surface area contributed by atoms with Gasteiger partial charge in [0.05, 0.1) is 6.61 Å². The molecule has 1 atom stereocenters. The molecule has 1 aromatic carbocycles. The van der Waals surface area contributed by atoms with E-state index in [9.17, 15) is 0 Å². The molecule has 0 saturated heterocycles. The van der Waals surface area contributed by atoms with Gasteiger partial charge in [-0.15, -0.1) is 0 Å². The van der Waals surface area contributed by atoms with Crippen LogP contribution in [0.2, 0.25) is 0 Å². The summed E-state index contributed by atoms with van der Waals surface area (Å²) in [7, 11) is 1.68. The van der Waals surface area contributed by atoms with E-state index in [0.29, 0.717) is 6.61 Å². The molecule has 0 fully saturated rings. The van der Waals surface area contributed by atoms with Crippen molar-refractivity contribution in [2.45, 2.75) is 19.4 Å². The van der Waals surface area contributed by atoms with E-state index >= 15 is 0 Å². The van der Waals surface area contributed by atoms with Crippen LogP contribution in [-0.4, -0.2) is 18.8 Å². The summed E-state index contributed by atoms with van der Waals surface area (Å²) < 4.78 is 5.03. The number of benzene rings is 1. The second kappa shape index (κ2) is 5.00. The molecule has 1 rings (SSSR count). The van der Waals surface area contributed by atoms with E-state index in [-0.39, 0.29) is 12.5 Å². The molecule has 0 aromatic heterocycles. The third-order valence-corrected chi connectivity index (χ3v) is 2.10. The molecule has 2 heteroatoms. The molecular weight excluding hydrogens is 164 g/mol. The van der Waals surface area contributed by atoms with Gasteiger partial charge in [0.1, 0.15) is 0 Å². The Hall–Kier alpha value is -0.860. The van der Waals surface area contributed by atoms with E-state index in [1.54, 1.807) is 7.11 Å². The lowest BCUT2D eigenvalue weighted by atomic mass is 10.0. The van der Waals surface area contributed by atoms with E-state index in [4.69, 9.17) is 9.84 Å². The van der Waals surface area contributed by atoms with E-state index in [1.165, 1.54) is 0 Å². The fourth-order valence-electron chi connectivity index (χ4n) is 1.26. The lowest BCUT2D eigenvalue weighted by molar-refractivity contribution is 0.184. The highest BCUT2D eigenvalue weighted by molar-refractivity contribution is 5.25. The van der Waals surface area contributed by atoms with Crippen molar-refractivity contribution in [2.75, 3.05) is 13.7 Å².